The first-order valence-corrected chi connectivity index (χ1v) is 26.4. The maximum Gasteiger partial charge on any atom is 0.392 e. The molecule has 24 nitrogen and oxygen atoms in total. The van der Waals surface area contributed by atoms with Crippen molar-refractivity contribution in [2.45, 2.75) is 104 Å². The lowest BCUT2D eigenvalue weighted by atomic mass is 9.83. The average molecular weight is 994 g/mol. The van der Waals surface area contributed by atoms with Crippen LogP contribution in [-0.2, 0) is 62.2 Å². The number of nitrogen functional groups attached to an aromatic ring is 2. The van der Waals surface area contributed by atoms with Crippen molar-refractivity contribution in [3.05, 3.63) is 32.7 Å². The summed E-state index contributed by atoms with van der Waals surface area (Å²) in [5, 5.41) is 12.0. The Kier molecular flexibility index (Phi) is 14.2. The summed E-state index contributed by atoms with van der Waals surface area (Å²) in [4.78, 5) is 72.4. The number of carbonyl (C=O) groups is 2. The molecule has 0 aliphatic carbocycles. The van der Waals surface area contributed by atoms with Crippen LogP contribution >= 0.6 is 36.4 Å². The fourth-order valence-electron chi connectivity index (χ4n) is 7.16. The van der Waals surface area contributed by atoms with Gasteiger partial charge >= 0.3 is 25.5 Å². The normalized spacial score (nSPS) is 33.2. The zero-order chi connectivity index (χ0) is 47.4. The van der Waals surface area contributed by atoms with E-state index in [1.165, 1.54) is 6.21 Å². The molecule has 3 aromatic rings. The van der Waals surface area contributed by atoms with Crippen LogP contribution in [0, 0.1) is 22.7 Å². The number of hydrogen-bond acceptors (Lipinski definition) is 23. The standard InChI is InChI=1S/C36H50FN9O15P2S2/c1-15-9-40-21-17(42-33(38)44-28(21)48)8-16(15)24-26-23(47)18(58-24)10-56-62(52,64-13-54-31(50)35(2,3)4)60-25-19(11-57-63(53,61-26)65-14-55-32(51)36(5,6)7)59-30(20(25)37)46-12-41-22-27(46)43-34(39)45-29(22)49/h9,12,15-16,18-20,23-26,30,47H,8,10-11,13-14H2,1-7H3,(H3,38,42,44,48)(H3,39,43,45,49)/t15?,16?,18?,19?,20?,23?,24?,25?,26?,30-,62?,63?/m1/s1. The van der Waals surface area contributed by atoms with Crippen molar-refractivity contribution in [3.8, 4) is 0 Å². The van der Waals surface area contributed by atoms with Gasteiger partial charge in [0.2, 0.25) is 11.9 Å². The second kappa shape index (κ2) is 18.7. The molecule has 4 aliphatic rings. The molecule has 11 unspecified atom stereocenters. The first-order valence-electron chi connectivity index (χ1n) is 20.1. The van der Waals surface area contributed by atoms with Gasteiger partial charge in [0.1, 0.15) is 48.1 Å². The molecule has 0 spiro atoms. The number of anilines is 2. The van der Waals surface area contributed by atoms with Crippen molar-refractivity contribution in [1.82, 2.24) is 29.5 Å². The molecule has 2 bridgehead atoms. The van der Waals surface area contributed by atoms with Crippen LogP contribution in [0.2, 0.25) is 0 Å². The lowest BCUT2D eigenvalue weighted by Crippen LogP contribution is -2.41. The summed E-state index contributed by atoms with van der Waals surface area (Å²) in [5.41, 5.74) is 8.20. The number of aromatic nitrogens is 6. The number of alkyl halides is 1. The molecule has 7 heterocycles. The summed E-state index contributed by atoms with van der Waals surface area (Å²) in [6.45, 7) is 0.404. The number of fused-ring (bicyclic) bond motifs is 5. The van der Waals surface area contributed by atoms with E-state index in [0.717, 1.165) is 10.9 Å². The van der Waals surface area contributed by atoms with E-state index < -0.39 is 133 Å². The number of hydrogen-bond donors (Lipinski definition) is 5. The quantitative estimate of drug-likeness (QED) is 0.122. The molecule has 0 aromatic carbocycles. The Morgan fingerprint density at radius 1 is 0.892 bits per heavy atom. The van der Waals surface area contributed by atoms with Crippen LogP contribution in [-0.4, -0.2) is 121 Å². The summed E-state index contributed by atoms with van der Waals surface area (Å²) in [7, 11) is 0. The minimum absolute atomic E-state index is 0.00980. The number of imidazole rings is 1. The maximum absolute atomic E-state index is 17.0. The number of aromatic amines is 2. The van der Waals surface area contributed by atoms with Crippen molar-refractivity contribution in [2.75, 3.05) is 36.6 Å². The topological polar surface area (TPSA) is 336 Å². The molecule has 0 amide bonds. The van der Waals surface area contributed by atoms with E-state index in [4.69, 9.17) is 48.5 Å². The Hall–Kier alpha value is -3.75. The molecule has 3 fully saturated rings. The molecule has 3 aromatic heterocycles. The SMILES string of the molecule is CC1C=Nc2c(nc(N)[nH]c2=O)CC1C1OC2COP(=O)(SCOC(=O)C(C)(C)C)OC3C(COP(=O)(SCOC(=O)C(C)(C)C)OC1C2O)O[C@@H](n1cnc2c(=O)[nH]c(N)nc21)C3F. The number of rotatable bonds is 8. The summed E-state index contributed by atoms with van der Waals surface area (Å²) in [6, 6.07) is 0. The minimum Gasteiger partial charge on any atom is -0.454 e. The third-order valence-electron chi connectivity index (χ3n) is 10.6. The van der Waals surface area contributed by atoms with Gasteiger partial charge in [0, 0.05) is 34.9 Å². The van der Waals surface area contributed by atoms with Gasteiger partial charge in [-0.05, 0) is 53.9 Å². The van der Waals surface area contributed by atoms with Crippen molar-refractivity contribution < 1.29 is 65.3 Å². The zero-order valence-corrected chi connectivity index (χ0v) is 39.5. The molecular weight excluding hydrogens is 944 g/mol. The van der Waals surface area contributed by atoms with Crippen LogP contribution in [0.5, 0.6) is 0 Å². The zero-order valence-electron chi connectivity index (χ0n) is 36.1. The first-order chi connectivity index (χ1) is 30.4. The Bertz CT molecular complexity index is 2550. The molecule has 7 rings (SSSR count). The predicted octanol–water partition coefficient (Wildman–Crippen LogP) is 3.54. The lowest BCUT2D eigenvalue weighted by Gasteiger charge is -2.32. The second-order valence-electron chi connectivity index (χ2n) is 17.6. The number of aliphatic hydroxyl groups is 1. The van der Waals surface area contributed by atoms with Crippen LogP contribution in [0.3, 0.4) is 0 Å². The van der Waals surface area contributed by atoms with Gasteiger partial charge in [-0.15, -0.1) is 0 Å². The van der Waals surface area contributed by atoms with Gasteiger partial charge < -0.3 is 35.5 Å². The largest absolute Gasteiger partial charge is 0.454 e. The predicted molar refractivity (Wildman–Crippen MR) is 233 cm³/mol. The fraction of sp³-hybridized carbons (Fsp3) is 0.667. The average Bonchev–Trinajstić information content (AvgIpc) is 3.82. The minimum atomic E-state index is -4.72. The van der Waals surface area contributed by atoms with Gasteiger partial charge in [0.15, 0.2) is 23.6 Å². The van der Waals surface area contributed by atoms with E-state index >= 15 is 8.96 Å². The molecule has 29 heteroatoms. The molecular formula is C36H50FN9O15P2S2. The Morgan fingerprint density at radius 2 is 1.46 bits per heavy atom. The number of ether oxygens (including phenoxy) is 4. The highest BCUT2D eigenvalue weighted by Crippen LogP contribution is 2.66. The number of nitrogens with one attached hydrogen (secondary N) is 2. The number of nitrogens with two attached hydrogens (primary N) is 2. The number of esters is 2. The van der Waals surface area contributed by atoms with Crippen LogP contribution < -0.4 is 22.6 Å². The molecule has 0 saturated carbocycles. The van der Waals surface area contributed by atoms with Crippen molar-refractivity contribution in [1.29, 1.82) is 0 Å². The smallest absolute Gasteiger partial charge is 0.392 e. The number of nitrogens with zero attached hydrogens (tertiary/aromatic N) is 5. The van der Waals surface area contributed by atoms with Crippen molar-refractivity contribution in [3.63, 3.8) is 0 Å². The monoisotopic (exact) mass is 993 g/mol. The third-order valence-corrected chi connectivity index (χ3v) is 17.3. The number of carbonyl (C=O) groups excluding carboxylic acids is 2. The molecule has 0 radical (unpaired) electrons. The highest BCUT2D eigenvalue weighted by Gasteiger charge is 2.56. The summed E-state index contributed by atoms with van der Waals surface area (Å²) in [5.74, 6) is -4.27. The lowest BCUT2D eigenvalue weighted by molar-refractivity contribution is -0.151. The Labute approximate surface area is 377 Å². The summed E-state index contributed by atoms with van der Waals surface area (Å²) >= 11 is 0.826. The van der Waals surface area contributed by atoms with E-state index in [-0.39, 0.29) is 40.9 Å². The second-order valence-corrected chi connectivity index (χ2v) is 25.6. The number of H-pyrrole nitrogens is 2. The van der Waals surface area contributed by atoms with E-state index in [1.54, 1.807) is 48.5 Å². The van der Waals surface area contributed by atoms with E-state index in [9.17, 15) is 28.8 Å². The van der Waals surface area contributed by atoms with Gasteiger partial charge in [0.05, 0.1) is 42.2 Å². The highest BCUT2D eigenvalue weighted by atomic mass is 32.7. The molecule has 4 aliphatic heterocycles. The molecule has 12 atom stereocenters. The molecule has 358 valence electrons. The van der Waals surface area contributed by atoms with Gasteiger partial charge in [-0.1, -0.05) is 6.92 Å². The Balaban J connectivity index is 1.27. The maximum atomic E-state index is 17.0. The Morgan fingerprint density at radius 3 is 2.08 bits per heavy atom. The molecule has 3 saturated heterocycles. The van der Waals surface area contributed by atoms with Crippen LogP contribution in [0.15, 0.2) is 20.9 Å². The highest BCUT2D eigenvalue weighted by molar-refractivity contribution is 8.55. The van der Waals surface area contributed by atoms with E-state index in [0.29, 0.717) is 22.8 Å². The van der Waals surface area contributed by atoms with Crippen molar-refractivity contribution >= 4 is 83.3 Å². The number of aliphatic hydroxyl groups excluding tert-OH is 1. The summed E-state index contributed by atoms with van der Waals surface area (Å²) in [6.07, 6.45) is -10.8. The van der Waals surface area contributed by atoms with E-state index in [2.05, 4.69) is 29.9 Å². The van der Waals surface area contributed by atoms with Gasteiger partial charge in [0.25, 0.3) is 11.1 Å². The van der Waals surface area contributed by atoms with Crippen molar-refractivity contribution in [2.24, 2.45) is 27.7 Å². The number of aliphatic imine (C=N–C) groups is 1. The first kappa shape index (κ1) is 49.2. The number of halogens is 1. The van der Waals surface area contributed by atoms with E-state index in [1.807, 2.05) is 0 Å². The van der Waals surface area contributed by atoms with Crippen LogP contribution in [0.4, 0.5) is 22.0 Å². The summed E-state index contributed by atoms with van der Waals surface area (Å²) < 4.78 is 95.5. The molecule has 65 heavy (non-hydrogen) atoms. The fourth-order valence-corrected chi connectivity index (χ4v) is 12.7. The van der Waals surface area contributed by atoms with Gasteiger partial charge in [-0.25, -0.2) is 23.5 Å². The third kappa shape index (κ3) is 10.7. The van der Waals surface area contributed by atoms with Crippen LogP contribution in [0.25, 0.3) is 11.2 Å². The van der Waals surface area contributed by atoms with Crippen LogP contribution in [0.1, 0.15) is 60.4 Å². The van der Waals surface area contributed by atoms with Gasteiger partial charge in [-0.3, -0.25) is 56.8 Å². The van der Waals surface area contributed by atoms with Gasteiger partial charge in [-0.2, -0.15) is 4.98 Å². The molecule has 7 N–H and O–H groups in total.